The van der Waals surface area contributed by atoms with E-state index in [4.69, 9.17) is 4.42 Å². The fourth-order valence-electron chi connectivity index (χ4n) is 2.97. The Morgan fingerprint density at radius 2 is 1.84 bits per heavy atom. The van der Waals surface area contributed by atoms with Gasteiger partial charge in [-0.25, -0.2) is 0 Å². The highest BCUT2D eigenvalue weighted by Gasteiger charge is 2.37. The molecule has 2 fully saturated rings. The largest absolute Gasteiger partial charge is 0.419 e. The minimum Gasteiger partial charge on any atom is -0.419 e. The summed E-state index contributed by atoms with van der Waals surface area (Å²) in [7, 11) is 0. The van der Waals surface area contributed by atoms with Crippen LogP contribution in [0.15, 0.2) is 39.9 Å². The highest BCUT2D eigenvalue weighted by molar-refractivity contribution is 7.99. The molecule has 6 nitrogen and oxygen atoms in total. The number of hydrogen-bond donors (Lipinski definition) is 0. The molecule has 0 amide bonds. The van der Waals surface area contributed by atoms with E-state index in [1.807, 2.05) is 30.3 Å². The smallest absolute Gasteiger partial charge is 0.247 e. The standard InChI is InChI=1S/C18H19N5OS/c1-11(16-20-21-17(24-16)13-5-3-2-4-6-13)25-18-22-19-15(12-7-8-12)23(18)14-9-10-14/h2-6,11-12,14H,7-10H2,1H3/t11-/m0/s1. The predicted octanol–water partition coefficient (Wildman–Crippen LogP) is 4.39. The number of nitrogens with zero attached hydrogens (tertiary/aromatic N) is 5. The molecule has 7 heteroatoms. The fraction of sp³-hybridized carbons (Fsp3) is 0.444. The summed E-state index contributed by atoms with van der Waals surface area (Å²) < 4.78 is 8.24. The topological polar surface area (TPSA) is 69.6 Å². The van der Waals surface area contributed by atoms with Gasteiger partial charge < -0.3 is 8.98 Å². The molecule has 0 N–H and O–H groups in total. The molecule has 3 aromatic rings. The van der Waals surface area contributed by atoms with Crippen LogP contribution < -0.4 is 0 Å². The van der Waals surface area contributed by atoms with Crippen LogP contribution in [-0.2, 0) is 0 Å². The van der Waals surface area contributed by atoms with Crippen molar-refractivity contribution in [2.75, 3.05) is 0 Å². The second-order valence-electron chi connectivity index (χ2n) is 6.79. The Balaban J connectivity index is 1.37. The maximum atomic E-state index is 5.89. The molecule has 0 saturated heterocycles. The average Bonchev–Trinajstić information content (AvgIpc) is 3.57. The lowest BCUT2D eigenvalue weighted by Gasteiger charge is -2.10. The van der Waals surface area contributed by atoms with Crippen LogP contribution in [-0.4, -0.2) is 25.0 Å². The molecule has 0 bridgehead atoms. The molecule has 0 unspecified atom stereocenters. The Bertz CT molecular complexity index is 882. The molecule has 2 aliphatic carbocycles. The molecule has 1 aromatic carbocycles. The quantitative estimate of drug-likeness (QED) is 0.612. The van der Waals surface area contributed by atoms with Crippen LogP contribution in [0.25, 0.3) is 11.5 Å². The molecular weight excluding hydrogens is 334 g/mol. The van der Waals surface area contributed by atoms with Gasteiger partial charge in [0.25, 0.3) is 0 Å². The van der Waals surface area contributed by atoms with Crippen molar-refractivity contribution in [2.45, 2.75) is 55.0 Å². The number of rotatable bonds is 6. The van der Waals surface area contributed by atoms with Crippen molar-refractivity contribution in [3.8, 4) is 11.5 Å². The third-order valence-electron chi connectivity index (χ3n) is 4.64. The van der Waals surface area contributed by atoms with Crippen molar-refractivity contribution < 1.29 is 4.42 Å². The summed E-state index contributed by atoms with van der Waals surface area (Å²) in [5.74, 6) is 2.98. The second-order valence-corrected chi connectivity index (χ2v) is 8.10. The van der Waals surface area contributed by atoms with Crippen molar-refractivity contribution in [1.82, 2.24) is 25.0 Å². The van der Waals surface area contributed by atoms with Gasteiger partial charge in [0.2, 0.25) is 11.8 Å². The Morgan fingerprint density at radius 1 is 1.04 bits per heavy atom. The SMILES string of the molecule is C[C@H](Sc1nnc(C2CC2)n1C1CC1)c1nnc(-c2ccccc2)o1. The lowest BCUT2D eigenvalue weighted by Crippen LogP contribution is -2.02. The summed E-state index contributed by atoms with van der Waals surface area (Å²) in [6, 6.07) is 10.4. The van der Waals surface area contributed by atoms with E-state index in [-0.39, 0.29) is 5.25 Å². The first-order valence-corrected chi connectivity index (χ1v) is 9.68. The van der Waals surface area contributed by atoms with Crippen LogP contribution in [0.2, 0.25) is 0 Å². The number of aromatic nitrogens is 5. The maximum absolute atomic E-state index is 5.89. The van der Waals surface area contributed by atoms with Crippen LogP contribution in [0.5, 0.6) is 0 Å². The minimum absolute atomic E-state index is 0.0405. The highest BCUT2D eigenvalue weighted by atomic mass is 32.2. The van der Waals surface area contributed by atoms with Gasteiger partial charge in [0.15, 0.2) is 5.16 Å². The van der Waals surface area contributed by atoms with Gasteiger partial charge in [-0.3, -0.25) is 0 Å². The third-order valence-corrected chi connectivity index (χ3v) is 5.68. The first-order valence-electron chi connectivity index (χ1n) is 8.80. The van der Waals surface area contributed by atoms with Crippen LogP contribution in [0.4, 0.5) is 0 Å². The van der Waals surface area contributed by atoms with Crippen molar-refractivity contribution in [1.29, 1.82) is 0 Å². The molecule has 128 valence electrons. The van der Waals surface area contributed by atoms with Crippen molar-refractivity contribution in [3.63, 3.8) is 0 Å². The molecule has 1 atom stereocenters. The van der Waals surface area contributed by atoms with E-state index >= 15 is 0 Å². The minimum atomic E-state index is 0.0405. The zero-order valence-corrected chi connectivity index (χ0v) is 14.8. The number of thioether (sulfide) groups is 1. The lowest BCUT2D eigenvalue weighted by molar-refractivity contribution is 0.508. The molecule has 2 saturated carbocycles. The highest BCUT2D eigenvalue weighted by Crippen LogP contribution is 2.47. The summed E-state index contributed by atoms with van der Waals surface area (Å²) >= 11 is 1.66. The summed E-state index contributed by atoms with van der Waals surface area (Å²) in [6.07, 6.45) is 4.96. The van der Waals surface area contributed by atoms with Crippen molar-refractivity contribution in [3.05, 3.63) is 42.0 Å². The van der Waals surface area contributed by atoms with E-state index in [2.05, 4.69) is 31.9 Å². The summed E-state index contributed by atoms with van der Waals surface area (Å²) in [5.41, 5.74) is 0.940. The summed E-state index contributed by atoms with van der Waals surface area (Å²) in [5, 5.41) is 18.4. The van der Waals surface area contributed by atoms with Crippen LogP contribution in [0.3, 0.4) is 0 Å². The van der Waals surface area contributed by atoms with Crippen LogP contribution >= 0.6 is 11.8 Å². The molecule has 5 rings (SSSR count). The molecule has 0 spiro atoms. The third kappa shape index (κ3) is 2.97. The maximum Gasteiger partial charge on any atom is 0.247 e. The average molecular weight is 353 g/mol. The Labute approximate surface area is 150 Å². The fourth-order valence-corrected chi connectivity index (χ4v) is 3.93. The van der Waals surface area contributed by atoms with Gasteiger partial charge in [0.1, 0.15) is 5.82 Å². The second kappa shape index (κ2) is 5.98. The van der Waals surface area contributed by atoms with Gasteiger partial charge in [0, 0.05) is 17.5 Å². The zero-order valence-electron chi connectivity index (χ0n) is 14.0. The molecule has 2 aliphatic rings. The first-order chi connectivity index (χ1) is 12.3. The monoisotopic (exact) mass is 353 g/mol. The normalized spacial score (nSPS) is 18.4. The lowest BCUT2D eigenvalue weighted by atomic mass is 10.2. The van der Waals surface area contributed by atoms with Crippen molar-refractivity contribution in [2.24, 2.45) is 0 Å². The molecule has 25 heavy (non-hydrogen) atoms. The van der Waals surface area contributed by atoms with E-state index in [0.29, 0.717) is 23.7 Å². The van der Waals surface area contributed by atoms with E-state index in [9.17, 15) is 0 Å². The van der Waals surface area contributed by atoms with Gasteiger partial charge in [-0.15, -0.1) is 20.4 Å². The molecule has 0 aliphatic heterocycles. The molecule has 2 heterocycles. The Hall–Kier alpha value is -2.15. The van der Waals surface area contributed by atoms with Crippen molar-refractivity contribution >= 4 is 11.8 Å². The van der Waals surface area contributed by atoms with Gasteiger partial charge in [0.05, 0.1) is 5.25 Å². The summed E-state index contributed by atoms with van der Waals surface area (Å²) in [4.78, 5) is 0. The number of hydrogen-bond acceptors (Lipinski definition) is 6. The first kappa shape index (κ1) is 15.1. The van der Waals surface area contributed by atoms with Gasteiger partial charge in [-0.1, -0.05) is 30.0 Å². The molecule has 0 radical (unpaired) electrons. The van der Waals surface area contributed by atoms with E-state index in [0.717, 1.165) is 10.7 Å². The van der Waals surface area contributed by atoms with Gasteiger partial charge in [-0.2, -0.15) is 0 Å². The van der Waals surface area contributed by atoms with Gasteiger partial charge >= 0.3 is 0 Å². The van der Waals surface area contributed by atoms with E-state index < -0.39 is 0 Å². The van der Waals surface area contributed by atoms with E-state index in [1.54, 1.807) is 11.8 Å². The molecule has 2 aromatic heterocycles. The van der Waals surface area contributed by atoms with Crippen LogP contribution in [0, 0.1) is 0 Å². The van der Waals surface area contributed by atoms with Gasteiger partial charge in [-0.05, 0) is 44.7 Å². The van der Waals surface area contributed by atoms with E-state index in [1.165, 1.54) is 31.5 Å². The summed E-state index contributed by atoms with van der Waals surface area (Å²) in [6.45, 7) is 2.08. The molecular formula is C18H19N5OS. The van der Waals surface area contributed by atoms with Crippen LogP contribution in [0.1, 0.15) is 61.5 Å². The Morgan fingerprint density at radius 3 is 2.56 bits per heavy atom. The number of benzene rings is 1. The zero-order chi connectivity index (χ0) is 16.8. The predicted molar refractivity (Wildman–Crippen MR) is 94.3 cm³/mol. The Kier molecular flexibility index (Phi) is 3.62.